The molecule has 0 radical (unpaired) electrons. The second kappa shape index (κ2) is 32.5. The van der Waals surface area contributed by atoms with Crippen LogP contribution in [0.4, 0.5) is 14.4 Å². The van der Waals surface area contributed by atoms with Crippen molar-refractivity contribution in [1.82, 2.24) is 19.7 Å². The summed E-state index contributed by atoms with van der Waals surface area (Å²) in [5.41, 5.74) is 3.66. The van der Waals surface area contributed by atoms with E-state index in [9.17, 15) is 44.7 Å². The lowest BCUT2D eigenvalue weighted by atomic mass is 9.81. The van der Waals surface area contributed by atoms with Crippen molar-refractivity contribution in [3.05, 3.63) is 117 Å². The van der Waals surface area contributed by atoms with E-state index in [1.165, 1.54) is 9.80 Å². The fourth-order valence-corrected chi connectivity index (χ4v) is 9.44. The van der Waals surface area contributed by atoms with Gasteiger partial charge in [0.1, 0.15) is 45.4 Å². The van der Waals surface area contributed by atoms with Crippen LogP contribution in [0.3, 0.4) is 0 Å². The number of piperazine rings is 1. The summed E-state index contributed by atoms with van der Waals surface area (Å²) in [4.78, 5) is 109. The van der Waals surface area contributed by atoms with E-state index in [0.717, 1.165) is 5.56 Å². The van der Waals surface area contributed by atoms with Gasteiger partial charge in [-0.15, -0.1) is 30.3 Å². The highest BCUT2D eigenvalue weighted by Gasteiger charge is 2.50. The van der Waals surface area contributed by atoms with E-state index in [4.69, 9.17) is 65.8 Å². The largest absolute Gasteiger partial charge is 0.508 e. The number of aromatic nitrogens is 1. The number of aryl methyl sites for hydroxylation is 1. The summed E-state index contributed by atoms with van der Waals surface area (Å²) in [6.45, 7) is 2.08. The third-order valence-corrected chi connectivity index (χ3v) is 13.2. The average molecular weight is 1200 g/mol. The maximum Gasteiger partial charge on any atom is 0.508 e. The predicted molar refractivity (Wildman–Crippen MR) is 284 cm³/mol. The number of nitrogens with zero attached hydrogens (tertiary/aromatic N) is 7. The number of pyridine rings is 1. The molecule has 2 fully saturated rings. The summed E-state index contributed by atoms with van der Waals surface area (Å²) in [5, 5.41) is 29.3. The zero-order valence-corrected chi connectivity index (χ0v) is 46.5. The van der Waals surface area contributed by atoms with Crippen molar-refractivity contribution < 1.29 is 91.6 Å². The van der Waals surface area contributed by atoms with E-state index >= 15 is 4.79 Å². The normalized spacial score (nSPS) is 15.4. The van der Waals surface area contributed by atoms with Crippen molar-refractivity contribution in [3.8, 4) is 17.4 Å². The molecule has 29 nitrogen and oxygen atoms in total. The first-order chi connectivity index (χ1) is 39.5. The highest BCUT2D eigenvalue weighted by molar-refractivity contribution is 6.37. The van der Waals surface area contributed by atoms with Crippen molar-refractivity contribution in [3.63, 3.8) is 0 Å². The summed E-state index contributed by atoms with van der Waals surface area (Å²) < 4.78 is 49.6. The van der Waals surface area contributed by atoms with Crippen LogP contribution in [0.15, 0.2) is 54.2 Å². The molecule has 0 spiro atoms. The maximum absolute atomic E-state index is 15.7. The number of carbonyl (C=O) groups is 4. The van der Waals surface area contributed by atoms with E-state index in [-0.39, 0.29) is 155 Å². The molecule has 6 rings (SSSR count). The number of fused-ring (bicyclic) bond motifs is 2. The zero-order valence-electron chi connectivity index (χ0n) is 45.0. The van der Waals surface area contributed by atoms with Crippen LogP contribution in [0.25, 0.3) is 5.57 Å². The van der Waals surface area contributed by atoms with Gasteiger partial charge in [-0.25, -0.2) is 19.4 Å². The summed E-state index contributed by atoms with van der Waals surface area (Å²) in [5.74, 6) is 0.664. The lowest BCUT2D eigenvalue weighted by molar-refractivity contribution is -0.758. The molecule has 1 aliphatic carbocycles. The third kappa shape index (κ3) is 20.0. The molecule has 448 valence electrons. The summed E-state index contributed by atoms with van der Waals surface area (Å²) in [7, 11) is 0. The Hall–Kier alpha value is -7.89. The van der Waals surface area contributed by atoms with Gasteiger partial charge >= 0.3 is 18.3 Å². The lowest BCUT2D eigenvalue weighted by Gasteiger charge is -2.50. The summed E-state index contributed by atoms with van der Waals surface area (Å²) in [6, 6.07) is 10.2. The smallest absolute Gasteiger partial charge is 0.490 e. The number of unbranched alkanes of at least 4 members (excludes halogenated alkanes) is 1. The second-order valence-electron chi connectivity index (χ2n) is 18.4. The molecule has 82 heavy (non-hydrogen) atoms. The quantitative estimate of drug-likeness (QED) is 0.0192. The molecule has 1 saturated heterocycles. The number of hydrogen-bond acceptors (Lipinski definition) is 23. The Morgan fingerprint density at radius 2 is 1.24 bits per heavy atom. The highest BCUT2D eigenvalue weighted by atomic mass is 35.5. The van der Waals surface area contributed by atoms with Crippen molar-refractivity contribution in [2.45, 2.75) is 77.0 Å². The van der Waals surface area contributed by atoms with Gasteiger partial charge in [0.05, 0.1) is 75.0 Å². The van der Waals surface area contributed by atoms with Crippen LogP contribution < -0.4 is 14.2 Å². The van der Waals surface area contributed by atoms with E-state index in [1.807, 2.05) is 6.92 Å². The first kappa shape index (κ1) is 63.3. The molecule has 3 heterocycles. The van der Waals surface area contributed by atoms with Gasteiger partial charge in [0.15, 0.2) is 5.75 Å². The molecule has 2 aromatic carbocycles. The molecule has 1 aromatic heterocycles. The van der Waals surface area contributed by atoms with Crippen molar-refractivity contribution in [2.75, 3.05) is 106 Å². The van der Waals surface area contributed by atoms with E-state index < -0.39 is 51.6 Å². The SMILES string of the molecule is Cc1cc(Cl)c(OCCOc2ccc(C3=C(C(=O)N(Cc4ccnc(OCCCOC(=O)OCCOCCO[N+](=O)[O-])c4C)C4CC4)C4CN(C(=O)OCCCCO[N+](=O)[O-])CC(C3)N4C(=O)OCCOCCO[N+](=O)[O-])cc2)c(Cl)c1. The molecule has 3 aromatic rings. The van der Waals surface area contributed by atoms with Gasteiger partial charge < -0.3 is 66.9 Å². The Labute approximate surface area is 479 Å². The van der Waals surface area contributed by atoms with Gasteiger partial charge in [-0.1, -0.05) is 35.3 Å². The van der Waals surface area contributed by atoms with Crippen molar-refractivity contribution in [2.24, 2.45) is 0 Å². The summed E-state index contributed by atoms with van der Waals surface area (Å²) in [6.07, 6.45) is 1.22. The molecule has 2 aliphatic heterocycles. The Balaban J connectivity index is 1.22. The molecular weight excluding hydrogens is 1130 g/mol. The zero-order chi connectivity index (χ0) is 59.0. The van der Waals surface area contributed by atoms with Gasteiger partial charge in [0, 0.05) is 49.4 Å². The fraction of sp³-hybridized carbons (Fsp3) is 0.549. The van der Waals surface area contributed by atoms with Crippen molar-refractivity contribution in [1.29, 1.82) is 0 Å². The van der Waals surface area contributed by atoms with Crippen LogP contribution in [0.5, 0.6) is 17.4 Å². The van der Waals surface area contributed by atoms with E-state index in [2.05, 4.69) is 19.5 Å². The van der Waals surface area contributed by atoms with E-state index in [0.29, 0.717) is 56.6 Å². The number of amides is 3. The van der Waals surface area contributed by atoms with Gasteiger partial charge in [0.2, 0.25) is 5.88 Å². The minimum absolute atomic E-state index is 0.0280. The molecule has 3 amide bonds. The van der Waals surface area contributed by atoms with Crippen LogP contribution in [0.1, 0.15) is 60.8 Å². The number of benzene rings is 2. The Kier molecular flexibility index (Phi) is 25.1. The van der Waals surface area contributed by atoms with Gasteiger partial charge in [-0.3, -0.25) is 9.69 Å². The Morgan fingerprint density at radius 3 is 1.90 bits per heavy atom. The molecule has 2 atom stereocenters. The maximum atomic E-state index is 15.7. The van der Waals surface area contributed by atoms with Crippen LogP contribution >= 0.6 is 23.2 Å². The van der Waals surface area contributed by atoms with Crippen LogP contribution in [-0.4, -0.2) is 183 Å². The minimum Gasteiger partial charge on any atom is -0.490 e. The topological polar surface area (TPSA) is 331 Å². The number of hydrogen-bond donors (Lipinski definition) is 0. The molecule has 0 N–H and O–H groups in total. The number of ether oxygens (including phenoxy) is 9. The monoisotopic (exact) mass is 1200 g/mol. The molecule has 31 heteroatoms. The minimum atomic E-state index is -1.10. The Bertz CT molecular complexity index is 2680. The van der Waals surface area contributed by atoms with Crippen LogP contribution in [0.2, 0.25) is 10.0 Å². The molecule has 1 saturated carbocycles. The molecule has 3 aliphatic rings. The second-order valence-corrected chi connectivity index (χ2v) is 19.2. The number of rotatable bonds is 35. The van der Waals surface area contributed by atoms with Crippen LogP contribution in [0, 0.1) is 44.2 Å². The average Bonchev–Trinajstić information content (AvgIpc) is 2.26. The fourth-order valence-electron chi connectivity index (χ4n) is 8.73. The third-order valence-electron chi connectivity index (χ3n) is 12.6. The standard InChI is InChI=1S/C51H63Cl2N7O22/c1-34-28-42(52)46(43(53)29-34)74-25-24-73-40-10-6-36(7-11-40)41-30-39-32-55(49(62)76-14-3-4-17-80-58(65)66)33-44(57(39)50(63)77-22-18-71-20-26-81-59(67)68)45(41)48(61)56(38-8-9-38)31-37-12-13-54-47(35(37)2)75-15-5-16-78-51(64)79-23-19-72-21-27-82-60(69)70/h6-7,10-13,28-29,38-39,44H,3-5,8-9,14-27,30-33H2,1-2H3. The summed E-state index contributed by atoms with van der Waals surface area (Å²) >= 11 is 12.7. The number of halogens is 2. The molecular formula is C51H63Cl2N7O22. The molecule has 2 bridgehead atoms. The first-order valence-electron chi connectivity index (χ1n) is 26.1. The lowest BCUT2D eigenvalue weighted by Crippen LogP contribution is -2.65. The van der Waals surface area contributed by atoms with Gasteiger partial charge in [0.25, 0.3) is 21.2 Å². The molecule has 2 unspecified atom stereocenters. The predicted octanol–water partition coefficient (Wildman–Crippen LogP) is 6.80. The number of carbonyl (C=O) groups excluding carboxylic acids is 4. The van der Waals surface area contributed by atoms with Crippen LogP contribution in [-0.2, 0) is 54.3 Å². The first-order valence-corrected chi connectivity index (χ1v) is 26.8. The Morgan fingerprint density at radius 1 is 0.659 bits per heavy atom. The van der Waals surface area contributed by atoms with Gasteiger partial charge in [-0.05, 0) is 98.5 Å². The highest BCUT2D eigenvalue weighted by Crippen LogP contribution is 2.42. The van der Waals surface area contributed by atoms with Crippen molar-refractivity contribution >= 4 is 53.0 Å². The van der Waals surface area contributed by atoms with E-state index in [1.54, 1.807) is 60.5 Å². The van der Waals surface area contributed by atoms with Gasteiger partial charge in [-0.2, -0.15) is 0 Å².